The number of ether oxygens (including phenoxy) is 1. The molecule has 104 valence electrons. The molecule has 0 heterocycles. The first-order valence-corrected chi connectivity index (χ1v) is 6.38. The van der Waals surface area contributed by atoms with E-state index in [0.29, 0.717) is 17.8 Å². The number of nitrogens with one attached hydrogen (secondary N) is 1. The van der Waals surface area contributed by atoms with Crippen LogP contribution >= 0.6 is 0 Å². The Morgan fingerprint density at radius 2 is 2.00 bits per heavy atom. The van der Waals surface area contributed by atoms with Crippen LogP contribution in [-0.2, 0) is 6.54 Å². The van der Waals surface area contributed by atoms with Crippen molar-refractivity contribution in [3.05, 3.63) is 59.2 Å². The van der Waals surface area contributed by atoms with E-state index >= 15 is 0 Å². The zero-order valence-corrected chi connectivity index (χ0v) is 11.6. The molecule has 0 radical (unpaired) electrons. The van der Waals surface area contributed by atoms with Crippen molar-refractivity contribution >= 4 is 11.6 Å². The molecule has 0 unspecified atom stereocenters. The molecule has 0 fully saturated rings. The zero-order valence-electron chi connectivity index (χ0n) is 11.6. The number of nitrogens with two attached hydrogens (primary N) is 1. The van der Waals surface area contributed by atoms with Gasteiger partial charge in [0.2, 0.25) is 0 Å². The summed E-state index contributed by atoms with van der Waals surface area (Å²) >= 11 is 0. The van der Waals surface area contributed by atoms with Gasteiger partial charge in [-0.2, -0.15) is 0 Å². The van der Waals surface area contributed by atoms with Gasteiger partial charge in [-0.3, -0.25) is 4.79 Å². The van der Waals surface area contributed by atoms with Gasteiger partial charge in [-0.15, -0.1) is 0 Å². The fourth-order valence-corrected chi connectivity index (χ4v) is 2.05. The molecule has 0 aromatic heterocycles. The fourth-order valence-electron chi connectivity index (χ4n) is 2.05. The lowest BCUT2D eigenvalue weighted by Gasteiger charge is -2.10. The minimum absolute atomic E-state index is 0.164. The Bertz CT molecular complexity index is 603. The standard InChI is InChI=1S/C16H18N2O2/c1-11-5-3-8-14(17)15(11)16(19)18-10-12-6-4-7-13(9-12)20-2/h3-9H,10,17H2,1-2H3,(H,18,19). The first kappa shape index (κ1) is 13.9. The number of amides is 1. The fraction of sp³-hybridized carbons (Fsp3) is 0.188. The van der Waals surface area contributed by atoms with Crippen LogP contribution in [0.15, 0.2) is 42.5 Å². The molecule has 0 saturated carbocycles. The predicted molar refractivity (Wildman–Crippen MR) is 79.8 cm³/mol. The molecule has 2 aromatic rings. The number of hydrogen-bond acceptors (Lipinski definition) is 3. The van der Waals surface area contributed by atoms with E-state index in [4.69, 9.17) is 10.5 Å². The van der Waals surface area contributed by atoms with E-state index in [1.165, 1.54) is 0 Å². The SMILES string of the molecule is COc1cccc(CNC(=O)c2c(C)cccc2N)c1. The zero-order chi connectivity index (χ0) is 14.5. The number of aryl methyl sites for hydroxylation is 1. The largest absolute Gasteiger partial charge is 0.497 e. The summed E-state index contributed by atoms with van der Waals surface area (Å²) in [7, 11) is 1.62. The number of nitrogen functional groups attached to an aromatic ring is 1. The van der Waals surface area contributed by atoms with E-state index in [1.54, 1.807) is 13.2 Å². The summed E-state index contributed by atoms with van der Waals surface area (Å²) in [6.45, 7) is 2.31. The van der Waals surface area contributed by atoms with Crippen molar-refractivity contribution in [1.82, 2.24) is 5.32 Å². The van der Waals surface area contributed by atoms with Gasteiger partial charge in [0, 0.05) is 12.2 Å². The molecule has 4 heteroatoms. The Balaban J connectivity index is 2.09. The lowest BCUT2D eigenvalue weighted by atomic mass is 10.1. The molecular weight excluding hydrogens is 252 g/mol. The van der Waals surface area contributed by atoms with Crippen molar-refractivity contribution in [3.63, 3.8) is 0 Å². The third-order valence-corrected chi connectivity index (χ3v) is 3.12. The van der Waals surface area contributed by atoms with E-state index in [9.17, 15) is 4.79 Å². The van der Waals surface area contributed by atoms with Gasteiger partial charge in [-0.1, -0.05) is 24.3 Å². The lowest BCUT2D eigenvalue weighted by Crippen LogP contribution is -2.24. The summed E-state index contributed by atoms with van der Waals surface area (Å²) < 4.78 is 5.15. The predicted octanol–water partition coefficient (Wildman–Crippen LogP) is 2.52. The van der Waals surface area contributed by atoms with E-state index in [0.717, 1.165) is 16.9 Å². The third-order valence-electron chi connectivity index (χ3n) is 3.12. The maximum atomic E-state index is 12.2. The summed E-state index contributed by atoms with van der Waals surface area (Å²) in [5.74, 6) is 0.607. The molecule has 3 N–H and O–H groups in total. The minimum atomic E-state index is -0.164. The van der Waals surface area contributed by atoms with Crippen LogP contribution in [0.4, 0.5) is 5.69 Å². The number of anilines is 1. The highest BCUT2D eigenvalue weighted by atomic mass is 16.5. The van der Waals surface area contributed by atoms with Crippen LogP contribution in [0.1, 0.15) is 21.5 Å². The minimum Gasteiger partial charge on any atom is -0.497 e. The summed E-state index contributed by atoms with van der Waals surface area (Å²) in [5, 5.41) is 2.87. The van der Waals surface area contributed by atoms with Gasteiger partial charge in [-0.25, -0.2) is 0 Å². The van der Waals surface area contributed by atoms with Crippen molar-refractivity contribution in [2.45, 2.75) is 13.5 Å². The third kappa shape index (κ3) is 3.09. The van der Waals surface area contributed by atoms with Gasteiger partial charge in [0.25, 0.3) is 5.91 Å². The Kier molecular flexibility index (Phi) is 4.25. The molecule has 0 bridgehead atoms. The van der Waals surface area contributed by atoms with Crippen LogP contribution in [0, 0.1) is 6.92 Å². The maximum Gasteiger partial charge on any atom is 0.253 e. The van der Waals surface area contributed by atoms with Crippen LogP contribution in [0.5, 0.6) is 5.75 Å². The highest BCUT2D eigenvalue weighted by Gasteiger charge is 2.12. The Morgan fingerprint density at radius 3 is 2.70 bits per heavy atom. The van der Waals surface area contributed by atoms with E-state index in [2.05, 4.69) is 5.32 Å². The topological polar surface area (TPSA) is 64.3 Å². The molecule has 0 aliphatic carbocycles. The van der Waals surface area contributed by atoms with E-state index < -0.39 is 0 Å². The second kappa shape index (κ2) is 6.10. The Morgan fingerprint density at radius 1 is 1.25 bits per heavy atom. The molecular formula is C16H18N2O2. The van der Waals surface area contributed by atoms with Crippen molar-refractivity contribution in [2.75, 3.05) is 12.8 Å². The van der Waals surface area contributed by atoms with E-state index in [-0.39, 0.29) is 5.91 Å². The number of rotatable bonds is 4. The van der Waals surface area contributed by atoms with Gasteiger partial charge in [0.15, 0.2) is 0 Å². The van der Waals surface area contributed by atoms with Gasteiger partial charge in [0.05, 0.1) is 12.7 Å². The maximum absolute atomic E-state index is 12.2. The average Bonchev–Trinajstić information content (AvgIpc) is 2.45. The number of carbonyl (C=O) groups is 1. The molecule has 0 saturated heterocycles. The lowest BCUT2D eigenvalue weighted by molar-refractivity contribution is 0.0951. The molecule has 0 spiro atoms. The second-order valence-electron chi connectivity index (χ2n) is 4.57. The first-order chi connectivity index (χ1) is 9.61. The number of hydrogen-bond donors (Lipinski definition) is 2. The normalized spacial score (nSPS) is 10.1. The van der Waals surface area contributed by atoms with Crippen LogP contribution in [0.3, 0.4) is 0 Å². The molecule has 0 aliphatic heterocycles. The first-order valence-electron chi connectivity index (χ1n) is 6.38. The van der Waals surface area contributed by atoms with Crippen LogP contribution in [0.2, 0.25) is 0 Å². The van der Waals surface area contributed by atoms with Gasteiger partial charge in [-0.05, 0) is 36.2 Å². The Labute approximate surface area is 118 Å². The van der Waals surface area contributed by atoms with Crippen LogP contribution in [-0.4, -0.2) is 13.0 Å². The van der Waals surface area contributed by atoms with E-state index in [1.807, 2.05) is 43.3 Å². The van der Waals surface area contributed by atoms with Crippen molar-refractivity contribution < 1.29 is 9.53 Å². The molecule has 2 aromatic carbocycles. The smallest absolute Gasteiger partial charge is 0.253 e. The Hall–Kier alpha value is -2.49. The second-order valence-corrected chi connectivity index (χ2v) is 4.57. The molecule has 0 aliphatic rings. The van der Waals surface area contributed by atoms with Crippen molar-refractivity contribution in [1.29, 1.82) is 0 Å². The summed E-state index contributed by atoms with van der Waals surface area (Å²) in [6, 6.07) is 13.0. The number of carbonyl (C=O) groups excluding carboxylic acids is 1. The average molecular weight is 270 g/mol. The van der Waals surface area contributed by atoms with Crippen LogP contribution in [0.25, 0.3) is 0 Å². The highest BCUT2D eigenvalue weighted by molar-refractivity contribution is 6.00. The number of benzene rings is 2. The highest BCUT2D eigenvalue weighted by Crippen LogP contribution is 2.17. The van der Waals surface area contributed by atoms with Gasteiger partial charge < -0.3 is 15.8 Å². The van der Waals surface area contributed by atoms with Gasteiger partial charge >= 0.3 is 0 Å². The van der Waals surface area contributed by atoms with Crippen molar-refractivity contribution in [3.8, 4) is 5.75 Å². The number of methoxy groups -OCH3 is 1. The summed E-state index contributed by atoms with van der Waals surface area (Å²) in [5.41, 5.74) is 8.73. The van der Waals surface area contributed by atoms with Crippen LogP contribution < -0.4 is 15.8 Å². The molecule has 0 atom stereocenters. The van der Waals surface area contributed by atoms with Crippen molar-refractivity contribution in [2.24, 2.45) is 0 Å². The van der Waals surface area contributed by atoms with Gasteiger partial charge in [0.1, 0.15) is 5.75 Å². The molecule has 4 nitrogen and oxygen atoms in total. The molecule has 1 amide bonds. The molecule has 2 rings (SSSR count). The molecule has 20 heavy (non-hydrogen) atoms. The quantitative estimate of drug-likeness (QED) is 0.839. The summed E-state index contributed by atoms with van der Waals surface area (Å²) in [6.07, 6.45) is 0. The summed E-state index contributed by atoms with van der Waals surface area (Å²) in [4.78, 5) is 12.2. The monoisotopic (exact) mass is 270 g/mol.